The standard InChI is InChI=1S/C9H17N5/c1-7-5-3-4-6-8(7)10-9-11-12-13-14(9)2/h7-8H,3-6H2,1-2H3,(H,10,11,13). The third kappa shape index (κ3) is 1.86. The molecule has 14 heavy (non-hydrogen) atoms. The maximum Gasteiger partial charge on any atom is 0.242 e. The van der Waals surface area contributed by atoms with Crippen LogP contribution in [0.1, 0.15) is 32.6 Å². The fourth-order valence-corrected chi connectivity index (χ4v) is 2.05. The third-order valence-electron chi connectivity index (χ3n) is 3.05. The SMILES string of the molecule is CC1CCCCC1Nc1nnnn1C. The van der Waals surface area contributed by atoms with Gasteiger partial charge in [0.05, 0.1) is 0 Å². The lowest BCUT2D eigenvalue weighted by molar-refractivity contribution is 0.347. The van der Waals surface area contributed by atoms with Gasteiger partial charge in [0.2, 0.25) is 5.95 Å². The van der Waals surface area contributed by atoms with E-state index in [1.807, 2.05) is 7.05 Å². The molecule has 1 aromatic rings. The number of nitrogens with one attached hydrogen (secondary N) is 1. The second kappa shape index (κ2) is 3.94. The van der Waals surface area contributed by atoms with E-state index in [1.165, 1.54) is 25.7 Å². The fraction of sp³-hybridized carbons (Fsp3) is 0.889. The first-order valence-electron chi connectivity index (χ1n) is 5.26. The molecule has 0 bridgehead atoms. The Morgan fingerprint density at radius 2 is 2.14 bits per heavy atom. The van der Waals surface area contributed by atoms with Crippen molar-refractivity contribution in [3.63, 3.8) is 0 Å². The zero-order valence-electron chi connectivity index (χ0n) is 8.77. The zero-order chi connectivity index (χ0) is 9.97. The van der Waals surface area contributed by atoms with Crippen LogP contribution in [0.15, 0.2) is 0 Å². The summed E-state index contributed by atoms with van der Waals surface area (Å²) >= 11 is 0. The predicted molar refractivity (Wildman–Crippen MR) is 53.8 cm³/mol. The van der Waals surface area contributed by atoms with E-state index in [0.717, 1.165) is 11.9 Å². The van der Waals surface area contributed by atoms with Gasteiger partial charge in [-0.05, 0) is 29.2 Å². The molecule has 5 nitrogen and oxygen atoms in total. The number of nitrogens with zero attached hydrogens (tertiary/aromatic N) is 4. The molecular formula is C9H17N5. The van der Waals surface area contributed by atoms with Crippen molar-refractivity contribution in [1.82, 2.24) is 20.2 Å². The second-order valence-electron chi connectivity index (χ2n) is 4.14. The van der Waals surface area contributed by atoms with Gasteiger partial charge < -0.3 is 5.32 Å². The zero-order valence-corrected chi connectivity index (χ0v) is 8.77. The van der Waals surface area contributed by atoms with E-state index in [-0.39, 0.29) is 0 Å². The van der Waals surface area contributed by atoms with Crippen molar-refractivity contribution in [2.24, 2.45) is 13.0 Å². The van der Waals surface area contributed by atoms with Crippen molar-refractivity contribution in [2.75, 3.05) is 5.32 Å². The minimum Gasteiger partial charge on any atom is -0.350 e. The maximum atomic E-state index is 3.94. The highest BCUT2D eigenvalue weighted by Gasteiger charge is 2.22. The Morgan fingerprint density at radius 3 is 2.79 bits per heavy atom. The average Bonchev–Trinajstić information content (AvgIpc) is 2.56. The normalized spacial score (nSPS) is 27.6. The Bertz CT molecular complexity index is 295. The minimum absolute atomic E-state index is 0.536. The Morgan fingerprint density at radius 1 is 1.36 bits per heavy atom. The molecule has 0 amide bonds. The van der Waals surface area contributed by atoms with Gasteiger partial charge in [0.15, 0.2) is 0 Å². The molecule has 1 fully saturated rings. The van der Waals surface area contributed by atoms with E-state index in [0.29, 0.717) is 6.04 Å². The monoisotopic (exact) mass is 195 g/mol. The first-order valence-corrected chi connectivity index (χ1v) is 5.26. The van der Waals surface area contributed by atoms with Gasteiger partial charge in [-0.25, -0.2) is 4.68 Å². The Kier molecular flexibility index (Phi) is 2.65. The van der Waals surface area contributed by atoms with Gasteiger partial charge in [0.1, 0.15) is 0 Å². The van der Waals surface area contributed by atoms with E-state index in [9.17, 15) is 0 Å². The summed E-state index contributed by atoms with van der Waals surface area (Å²) < 4.78 is 1.68. The van der Waals surface area contributed by atoms with Crippen LogP contribution in [0.2, 0.25) is 0 Å². The molecule has 0 aromatic carbocycles. The molecule has 0 saturated heterocycles. The van der Waals surface area contributed by atoms with E-state index in [2.05, 4.69) is 27.8 Å². The summed E-state index contributed by atoms with van der Waals surface area (Å²) in [6.07, 6.45) is 5.21. The molecule has 1 N–H and O–H groups in total. The van der Waals surface area contributed by atoms with Crippen molar-refractivity contribution in [1.29, 1.82) is 0 Å². The summed E-state index contributed by atoms with van der Waals surface area (Å²) in [5.74, 6) is 1.50. The molecule has 2 unspecified atom stereocenters. The lowest BCUT2D eigenvalue weighted by atomic mass is 9.86. The van der Waals surface area contributed by atoms with E-state index >= 15 is 0 Å². The lowest BCUT2D eigenvalue weighted by Gasteiger charge is -2.29. The number of aryl methyl sites for hydroxylation is 1. The molecule has 0 aliphatic heterocycles. The highest BCUT2D eigenvalue weighted by molar-refractivity contribution is 5.23. The number of anilines is 1. The molecule has 78 valence electrons. The molecule has 0 spiro atoms. The minimum atomic E-state index is 0.536. The van der Waals surface area contributed by atoms with Crippen molar-refractivity contribution in [3.05, 3.63) is 0 Å². The summed E-state index contributed by atoms with van der Waals surface area (Å²) in [6, 6.07) is 0.536. The Hall–Kier alpha value is -1.13. The van der Waals surface area contributed by atoms with Crippen LogP contribution in [0.3, 0.4) is 0 Å². The average molecular weight is 195 g/mol. The van der Waals surface area contributed by atoms with Crippen LogP contribution in [-0.4, -0.2) is 26.2 Å². The summed E-state index contributed by atoms with van der Waals surface area (Å²) in [7, 11) is 1.86. The number of aromatic nitrogens is 4. The van der Waals surface area contributed by atoms with Crippen molar-refractivity contribution >= 4 is 5.95 Å². The van der Waals surface area contributed by atoms with E-state index in [4.69, 9.17) is 0 Å². The van der Waals surface area contributed by atoms with Gasteiger partial charge in [-0.15, -0.1) is 0 Å². The largest absolute Gasteiger partial charge is 0.350 e. The number of tetrazole rings is 1. The molecular weight excluding hydrogens is 178 g/mol. The van der Waals surface area contributed by atoms with Crippen LogP contribution in [0.5, 0.6) is 0 Å². The predicted octanol–water partition coefficient (Wildman–Crippen LogP) is 1.20. The quantitative estimate of drug-likeness (QED) is 0.770. The van der Waals surface area contributed by atoms with Gasteiger partial charge in [0, 0.05) is 13.1 Å². The first-order chi connectivity index (χ1) is 6.77. The number of hydrogen-bond donors (Lipinski definition) is 1. The molecule has 2 rings (SSSR count). The first kappa shape index (κ1) is 9.43. The van der Waals surface area contributed by atoms with Crippen LogP contribution < -0.4 is 5.32 Å². The molecule has 0 radical (unpaired) electrons. The molecule has 1 aliphatic rings. The van der Waals surface area contributed by atoms with Crippen molar-refractivity contribution in [2.45, 2.75) is 38.6 Å². The van der Waals surface area contributed by atoms with Gasteiger partial charge in [0.25, 0.3) is 0 Å². The molecule has 1 heterocycles. The lowest BCUT2D eigenvalue weighted by Crippen LogP contribution is -2.31. The number of rotatable bonds is 2. The van der Waals surface area contributed by atoms with Gasteiger partial charge >= 0.3 is 0 Å². The van der Waals surface area contributed by atoms with E-state index in [1.54, 1.807) is 4.68 Å². The van der Waals surface area contributed by atoms with Gasteiger partial charge in [-0.1, -0.05) is 24.9 Å². The molecule has 1 aromatic heterocycles. The Balaban J connectivity index is 1.99. The van der Waals surface area contributed by atoms with Crippen molar-refractivity contribution < 1.29 is 0 Å². The number of hydrogen-bond acceptors (Lipinski definition) is 4. The van der Waals surface area contributed by atoms with Crippen LogP contribution in [0.25, 0.3) is 0 Å². The molecule has 2 atom stereocenters. The molecule has 5 heteroatoms. The fourth-order valence-electron chi connectivity index (χ4n) is 2.05. The summed E-state index contributed by atoms with van der Waals surface area (Å²) in [5.41, 5.74) is 0. The second-order valence-corrected chi connectivity index (χ2v) is 4.14. The summed E-state index contributed by atoms with van der Waals surface area (Å²) in [4.78, 5) is 0. The van der Waals surface area contributed by atoms with Gasteiger partial charge in [-0.2, -0.15) is 0 Å². The molecule has 1 aliphatic carbocycles. The highest BCUT2D eigenvalue weighted by atomic mass is 15.6. The van der Waals surface area contributed by atoms with Crippen LogP contribution >= 0.6 is 0 Å². The molecule has 1 saturated carbocycles. The highest BCUT2D eigenvalue weighted by Crippen LogP contribution is 2.25. The van der Waals surface area contributed by atoms with Crippen LogP contribution in [-0.2, 0) is 7.05 Å². The third-order valence-corrected chi connectivity index (χ3v) is 3.05. The van der Waals surface area contributed by atoms with Crippen molar-refractivity contribution in [3.8, 4) is 0 Å². The maximum absolute atomic E-state index is 3.94. The summed E-state index contributed by atoms with van der Waals surface area (Å²) in [5, 5.41) is 14.8. The topological polar surface area (TPSA) is 55.6 Å². The van der Waals surface area contributed by atoms with Crippen LogP contribution in [0, 0.1) is 5.92 Å². The smallest absolute Gasteiger partial charge is 0.242 e. The van der Waals surface area contributed by atoms with E-state index < -0.39 is 0 Å². The Labute approximate surface area is 83.9 Å². The summed E-state index contributed by atoms with van der Waals surface area (Å²) in [6.45, 7) is 2.29. The van der Waals surface area contributed by atoms with Gasteiger partial charge in [-0.3, -0.25) is 0 Å². The van der Waals surface area contributed by atoms with Crippen LogP contribution in [0.4, 0.5) is 5.95 Å².